The Balaban J connectivity index is 1.56. The largest absolute Gasteiger partial charge is 0.448 e. The lowest BCUT2D eigenvalue weighted by molar-refractivity contribution is 0.0944. The smallest absolute Gasteiger partial charge is 0.255 e. The topological polar surface area (TPSA) is 112 Å². The van der Waals surface area contributed by atoms with Gasteiger partial charge in [-0.2, -0.15) is 4.31 Å². The Morgan fingerprint density at radius 1 is 1.29 bits per heavy atom. The van der Waals surface area contributed by atoms with Crippen LogP contribution in [0.3, 0.4) is 0 Å². The lowest BCUT2D eigenvalue weighted by Crippen LogP contribution is -2.50. The first-order chi connectivity index (χ1) is 16.1. The zero-order valence-corrected chi connectivity index (χ0v) is 23.1. The third kappa shape index (κ3) is 6.98. The van der Waals surface area contributed by atoms with E-state index in [0.717, 1.165) is 25.3 Å². The van der Waals surface area contributed by atoms with E-state index in [4.69, 9.17) is 10.2 Å². The van der Waals surface area contributed by atoms with Crippen molar-refractivity contribution < 1.29 is 17.6 Å². The van der Waals surface area contributed by atoms with E-state index in [9.17, 15) is 13.2 Å². The number of nitrogens with zero attached hydrogens (tertiary/aromatic N) is 3. The summed E-state index contributed by atoms with van der Waals surface area (Å²) in [5, 5.41) is 3.02. The second kappa shape index (κ2) is 11.9. The van der Waals surface area contributed by atoms with Crippen LogP contribution in [-0.2, 0) is 10.0 Å². The van der Waals surface area contributed by atoms with E-state index in [2.05, 4.69) is 57.6 Å². The van der Waals surface area contributed by atoms with E-state index in [-0.39, 0.29) is 33.4 Å². The number of alkyl halides is 1. The highest BCUT2D eigenvalue weighted by molar-refractivity contribution is 14.1. The number of carbonyl (C=O) groups is 1. The summed E-state index contributed by atoms with van der Waals surface area (Å²) < 4.78 is 32.7. The number of nitrogens with two attached hydrogens (primary N) is 1. The van der Waals surface area contributed by atoms with Crippen LogP contribution in [0.25, 0.3) is 0 Å². The minimum absolute atomic E-state index is 0.0856. The molecule has 0 spiro atoms. The number of allylic oxidation sites excluding steroid dienone is 1. The summed E-state index contributed by atoms with van der Waals surface area (Å²) in [5.41, 5.74) is 6.96. The third-order valence-electron chi connectivity index (χ3n) is 6.28. The van der Waals surface area contributed by atoms with Crippen LogP contribution in [0.2, 0.25) is 0 Å². The van der Waals surface area contributed by atoms with Gasteiger partial charge in [0.15, 0.2) is 5.88 Å². The maximum Gasteiger partial charge on any atom is 0.255 e. The molecule has 1 fully saturated rings. The van der Waals surface area contributed by atoms with E-state index < -0.39 is 10.0 Å². The quantitative estimate of drug-likeness (QED) is 0.311. The average Bonchev–Trinajstić information content (AvgIpc) is 3.25. The van der Waals surface area contributed by atoms with Gasteiger partial charge < -0.3 is 25.3 Å². The van der Waals surface area contributed by atoms with E-state index in [1.807, 2.05) is 19.1 Å². The minimum Gasteiger partial charge on any atom is -0.448 e. The Hall–Kier alpha value is -1.57. The zero-order chi connectivity index (χ0) is 24.9. The van der Waals surface area contributed by atoms with Gasteiger partial charge >= 0.3 is 0 Å². The molecule has 3 atom stereocenters. The molecule has 1 amide bonds. The molecule has 2 heterocycles. The SMILES string of the molecule is CCN(CC)CC(C)CS(=O)(=O)N1CCN(C2=CC(NC(=O)c3coc(N)c3)C(I)C=C2)CC1. The highest BCUT2D eigenvalue weighted by Crippen LogP contribution is 2.23. The van der Waals surface area contributed by atoms with Crippen LogP contribution in [0.1, 0.15) is 31.1 Å². The fraction of sp³-hybridized carbons (Fsp3) is 0.609. The van der Waals surface area contributed by atoms with E-state index in [1.165, 1.54) is 12.3 Å². The van der Waals surface area contributed by atoms with Crippen molar-refractivity contribution in [2.75, 3.05) is 57.3 Å². The Labute approximate surface area is 216 Å². The van der Waals surface area contributed by atoms with Crippen molar-refractivity contribution in [2.45, 2.75) is 30.7 Å². The average molecular weight is 606 g/mol. The van der Waals surface area contributed by atoms with Crippen molar-refractivity contribution in [1.29, 1.82) is 0 Å². The third-order valence-corrected chi connectivity index (χ3v) is 9.61. The number of piperazine rings is 1. The molecule has 2 aliphatic rings. The van der Waals surface area contributed by atoms with Crippen LogP contribution in [0.4, 0.5) is 5.88 Å². The van der Waals surface area contributed by atoms with Crippen LogP contribution in [0.5, 0.6) is 0 Å². The molecule has 9 nitrogen and oxygen atoms in total. The van der Waals surface area contributed by atoms with Crippen LogP contribution in [0, 0.1) is 5.92 Å². The van der Waals surface area contributed by atoms with Crippen LogP contribution in [0.15, 0.2) is 40.7 Å². The second-order valence-electron chi connectivity index (χ2n) is 8.89. The fourth-order valence-corrected chi connectivity index (χ4v) is 6.70. The summed E-state index contributed by atoms with van der Waals surface area (Å²) in [4.78, 5) is 17.0. The molecule has 3 unspecified atom stereocenters. The summed E-state index contributed by atoms with van der Waals surface area (Å²) >= 11 is 2.29. The van der Waals surface area contributed by atoms with E-state index >= 15 is 0 Å². The highest BCUT2D eigenvalue weighted by atomic mass is 127. The zero-order valence-electron chi connectivity index (χ0n) is 20.1. The summed E-state index contributed by atoms with van der Waals surface area (Å²) in [5.74, 6) is 0.219. The molecule has 34 heavy (non-hydrogen) atoms. The molecule has 0 radical (unpaired) electrons. The van der Waals surface area contributed by atoms with Gasteiger partial charge in [0.05, 0.1) is 21.3 Å². The molecule has 0 saturated carbocycles. The van der Waals surface area contributed by atoms with Gasteiger partial charge in [0.1, 0.15) is 6.26 Å². The first-order valence-corrected chi connectivity index (χ1v) is 14.6. The van der Waals surface area contributed by atoms with Gasteiger partial charge in [-0.15, -0.1) is 0 Å². The van der Waals surface area contributed by atoms with Crippen molar-refractivity contribution in [1.82, 2.24) is 19.4 Å². The van der Waals surface area contributed by atoms with Crippen LogP contribution < -0.4 is 11.1 Å². The first-order valence-electron chi connectivity index (χ1n) is 11.8. The number of nitrogens with one attached hydrogen (secondary N) is 1. The van der Waals surface area contributed by atoms with E-state index in [0.29, 0.717) is 31.7 Å². The number of carbonyl (C=O) groups excluding carboxylic acids is 1. The molecule has 3 rings (SSSR count). The van der Waals surface area contributed by atoms with Gasteiger partial charge in [0.25, 0.3) is 5.91 Å². The number of hydrogen-bond donors (Lipinski definition) is 2. The second-order valence-corrected chi connectivity index (χ2v) is 12.3. The standard InChI is InChI=1S/C23H36IN5O4S/c1-4-27(5-2)14-17(3)16-34(31,32)29-10-8-28(9-11-29)19-6-7-20(24)21(13-19)26-23(30)18-12-22(25)33-15-18/h6-7,12-13,15,17,20-21H,4-5,8-11,14,16,25H2,1-3H3,(H,26,30). The molecule has 0 aromatic carbocycles. The number of anilines is 1. The van der Waals surface area contributed by atoms with Gasteiger partial charge in [-0.3, -0.25) is 4.79 Å². The number of hydrogen-bond acceptors (Lipinski definition) is 7. The predicted molar refractivity (Wildman–Crippen MR) is 143 cm³/mol. The number of nitrogen functional groups attached to an aromatic ring is 1. The molecular formula is C23H36IN5O4S. The van der Waals surface area contributed by atoms with Gasteiger partial charge in [0, 0.05) is 44.5 Å². The molecule has 1 aliphatic carbocycles. The molecule has 3 N–H and O–H groups in total. The predicted octanol–water partition coefficient (Wildman–Crippen LogP) is 2.14. The molecule has 1 aromatic heterocycles. The van der Waals surface area contributed by atoms with Gasteiger partial charge in [0.2, 0.25) is 10.0 Å². The maximum absolute atomic E-state index is 13.0. The monoisotopic (exact) mass is 605 g/mol. The number of rotatable bonds is 10. The highest BCUT2D eigenvalue weighted by Gasteiger charge is 2.30. The molecule has 1 aromatic rings. The number of amides is 1. The van der Waals surface area contributed by atoms with Crippen molar-refractivity contribution in [2.24, 2.45) is 5.92 Å². The Morgan fingerprint density at radius 2 is 1.97 bits per heavy atom. The van der Waals surface area contributed by atoms with Gasteiger partial charge in [-0.05, 0) is 31.2 Å². The molecule has 0 bridgehead atoms. The minimum atomic E-state index is -3.30. The van der Waals surface area contributed by atoms with Crippen LogP contribution >= 0.6 is 22.6 Å². The normalized spacial score (nSPS) is 22.6. The van der Waals surface area contributed by atoms with Gasteiger partial charge in [-0.1, -0.05) is 49.4 Å². The molecule has 1 saturated heterocycles. The molecule has 190 valence electrons. The lowest BCUT2D eigenvalue weighted by Gasteiger charge is -2.38. The summed E-state index contributed by atoms with van der Waals surface area (Å²) in [6.07, 6.45) is 7.49. The maximum atomic E-state index is 13.0. The lowest BCUT2D eigenvalue weighted by atomic mass is 10.0. The summed E-state index contributed by atoms with van der Waals surface area (Å²) in [6, 6.07) is 1.32. The van der Waals surface area contributed by atoms with Crippen molar-refractivity contribution in [3.8, 4) is 0 Å². The summed E-state index contributed by atoms with van der Waals surface area (Å²) in [6.45, 7) is 11.0. The van der Waals surface area contributed by atoms with Crippen LogP contribution in [-0.4, -0.2) is 90.0 Å². The molecule has 1 aliphatic heterocycles. The van der Waals surface area contributed by atoms with Gasteiger partial charge in [-0.25, -0.2) is 8.42 Å². The Kier molecular flexibility index (Phi) is 9.47. The molecular weight excluding hydrogens is 569 g/mol. The number of sulfonamides is 1. The fourth-order valence-electron chi connectivity index (χ4n) is 4.35. The Bertz CT molecular complexity index is 997. The molecule has 11 heteroatoms. The Morgan fingerprint density at radius 3 is 2.56 bits per heavy atom. The van der Waals surface area contributed by atoms with Crippen molar-refractivity contribution >= 4 is 44.4 Å². The number of halogens is 1. The summed E-state index contributed by atoms with van der Waals surface area (Å²) in [7, 11) is -3.30. The number of furan rings is 1. The first kappa shape index (κ1) is 27.0. The van der Waals surface area contributed by atoms with Crippen molar-refractivity contribution in [3.05, 3.63) is 41.8 Å². The van der Waals surface area contributed by atoms with E-state index in [1.54, 1.807) is 4.31 Å². The van der Waals surface area contributed by atoms with Crippen molar-refractivity contribution in [3.63, 3.8) is 0 Å².